The van der Waals surface area contributed by atoms with Gasteiger partial charge in [-0.15, -0.1) is 0 Å². The fourth-order valence-corrected chi connectivity index (χ4v) is 2.11. The quantitative estimate of drug-likeness (QED) is 0.697. The minimum Gasteiger partial charge on any atom is -0.256 e. The van der Waals surface area contributed by atoms with E-state index in [9.17, 15) is 0 Å². The lowest BCUT2D eigenvalue weighted by Gasteiger charge is -2.18. The van der Waals surface area contributed by atoms with Crippen LogP contribution in [-0.4, -0.2) is 5.71 Å². The van der Waals surface area contributed by atoms with Crippen molar-refractivity contribution in [2.75, 3.05) is 0 Å². The average Bonchev–Trinajstić information content (AvgIpc) is 2.33. The third kappa shape index (κ3) is 2.30. The van der Waals surface area contributed by atoms with Gasteiger partial charge in [-0.05, 0) is 37.8 Å². The van der Waals surface area contributed by atoms with Crippen LogP contribution in [0.5, 0.6) is 0 Å². The molecule has 0 spiro atoms. The molecule has 1 aliphatic rings. The Bertz CT molecular complexity index is 440. The highest BCUT2D eigenvalue weighted by atomic mass is 14.8. The third-order valence-electron chi connectivity index (χ3n) is 3.11. The molecule has 0 amide bonds. The van der Waals surface area contributed by atoms with Crippen LogP contribution in [0.25, 0.3) is 0 Å². The number of rotatable bonds is 1. The summed E-state index contributed by atoms with van der Waals surface area (Å²) in [5.41, 5.74) is 3.26. The number of aryl methyl sites for hydroxylation is 1. The number of benzene rings is 1. The molecule has 82 valence electrons. The Morgan fingerprint density at radius 2 is 2.12 bits per heavy atom. The predicted octanol–water partition coefficient (Wildman–Crippen LogP) is 3.78. The van der Waals surface area contributed by atoms with Gasteiger partial charge in [-0.1, -0.05) is 24.6 Å². The van der Waals surface area contributed by atoms with E-state index in [0.29, 0.717) is 0 Å². The van der Waals surface area contributed by atoms with Gasteiger partial charge in [0.1, 0.15) is 0 Å². The minimum absolute atomic E-state index is 0.0355. The molecule has 0 radical (unpaired) electrons. The lowest BCUT2D eigenvalue weighted by Crippen LogP contribution is -2.17. The molecule has 16 heavy (non-hydrogen) atoms. The van der Waals surface area contributed by atoms with Crippen molar-refractivity contribution in [3.05, 3.63) is 29.8 Å². The molecular weight excluding hydrogens is 196 g/mol. The molecule has 2 rings (SSSR count). The van der Waals surface area contributed by atoms with Gasteiger partial charge in [0.2, 0.25) is 0 Å². The summed E-state index contributed by atoms with van der Waals surface area (Å²) in [5.74, 6) is 0.0355. The molecule has 1 atom stereocenters. The third-order valence-corrected chi connectivity index (χ3v) is 3.11. The van der Waals surface area contributed by atoms with E-state index in [1.165, 1.54) is 12.0 Å². The summed E-state index contributed by atoms with van der Waals surface area (Å²) in [6.45, 7) is 2.06. The highest BCUT2D eigenvalue weighted by molar-refractivity contribution is 5.91. The van der Waals surface area contributed by atoms with Crippen LogP contribution in [0.15, 0.2) is 29.3 Å². The molecule has 0 N–H and O–H groups in total. The Hall–Kier alpha value is -1.62. The summed E-state index contributed by atoms with van der Waals surface area (Å²) < 4.78 is 0. The molecule has 0 saturated heterocycles. The first-order valence-electron chi connectivity index (χ1n) is 5.84. The molecule has 1 unspecified atom stereocenters. The van der Waals surface area contributed by atoms with Crippen molar-refractivity contribution in [1.82, 2.24) is 0 Å². The Kier molecular flexibility index (Phi) is 3.36. The Morgan fingerprint density at radius 1 is 1.31 bits per heavy atom. The molecule has 1 aliphatic carbocycles. The summed E-state index contributed by atoms with van der Waals surface area (Å²) >= 11 is 0. The summed E-state index contributed by atoms with van der Waals surface area (Å²) in [5, 5.41) is 9.08. The zero-order valence-electron chi connectivity index (χ0n) is 9.61. The first kappa shape index (κ1) is 10.9. The number of para-hydroxylation sites is 1. The lowest BCUT2D eigenvalue weighted by molar-refractivity contribution is 0.601. The lowest BCUT2D eigenvalue weighted by atomic mass is 9.88. The van der Waals surface area contributed by atoms with Crippen molar-refractivity contribution in [1.29, 1.82) is 5.26 Å². The second-order valence-electron chi connectivity index (χ2n) is 4.32. The number of nitrogens with zero attached hydrogens (tertiary/aromatic N) is 2. The van der Waals surface area contributed by atoms with E-state index < -0.39 is 0 Å². The SMILES string of the molecule is Cc1ccccc1/N=C1\CCCCC1C#N. The van der Waals surface area contributed by atoms with E-state index in [-0.39, 0.29) is 5.92 Å². The van der Waals surface area contributed by atoms with Crippen molar-refractivity contribution in [2.24, 2.45) is 10.9 Å². The van der Waals surface area contributed by atoms with Crippen LogP contribution >= 0.6 is 0 Å². The van der Waals surface area contributed by atoms with Crippen LogP contribution in [-0.2, 0) is 0 Å². The normalized spacial score (nSPS) is 23.0. The van der Waals surface area contributed by atoms with Gasteiger partial charge >= 0.3 is 0 Å². The summed E-state index contributed by atoms with van der Waals surface area (Å²) in [7, 11) is 0. The maximum Gasteiger partial charge on any atom is 0.0845 e. The maximum atomic E-state index is 9.08. The standard InChI is InChI=1S/C14H16N2/c1-11-6-2-4-8-13(11)16-14-9-5-3-7-12(14)10-15/h2,4,6,8,12H,3,5,7,9H2,1H3/b16-14+. The topological polar surface area (TPSA) is 36.1 Å². The molecule has 0 aromatic heterocycles. The van der Waals surface area contributed by atoms with Crippen molar-refractivity contribution in [2.45, 2.75) is 32.6 Å². The van der Waals surface area contributed by atoms with Crippen LogP contribution in [0.2, 0.25) is 0 Å². The van der Waals surface area contributed by atoms with Crippen LogP contribution in [0, 0.1) is 24.2 Å². The first-order valence-corrected chi connectivity index (χ1v) is 5.84. The molecule has 1 aromatic carbocycles. The maximum absolute atomic E-state index is 9.08. The zero-order valence-corrected chi connectivity index (χ0v) is 9.61. The average molecular weight is 212 g/mol. The fraction of sp³-hybridized carbons (Fsp3) is 0.429. The first-order chi connectivity index (χ1) is 7.81. The number of hydrogen-bond acceptors (Lipinski definition) is 2. The molecule has 1 aromatic rings. The second kappa shape index (κ2) is 4.94. The van der Waals surface area contributed by atoms with Gasteiger partial charge in [0, 0.05) is 5.71 Å². The van der Waals surface area contributed by atoms with Crippen LogP contribution in [0.1, 0.15) is 31.2 Å². The van der Waals surface area contributed by atoms with Crippen molar-refractivity contribution in [3.63, 3.8) is 0 Å². The van der Waals surface area contributed by atoms with Gasteiger partial charge in [-0.25, -0.2) is 0 Å². The number of hydrogen-bond donors (Lipinski definition) is 0. The van der Waals surface area contributed by atoms with E-state index in [2.05, 4.69) is 24.1 Å². The molecule has 2 heteroatoms. The summed E-state index contributed by atoms with van der Waals surface area (Å²) in [6, 6.07) is 10.5. The Morgan fingerprint density at radius 3 is 2.88 bits per heavy atom. The predicted molar refractivity (Wildman–Crippen MR) is 65.8 cm³/mol. The Balaban J connectivity index is 2.29. The molecule has 1 fully saturated rings. The van der Waals surface area contributed by atoms with Gasteiger partial charge in [0.05, 0.1) is 17.7 Å². The summed E-state index contributed by atoms with van der Waals surface area (Å²) in [4.78, 5) is 4.66. The molecular formula is C14H16N2. The van der Waals surface area contributed by atoms with Crippen LogP contribution in [0.4, 0.5) is 5.69 Å². The minimum atomic E-state index is 0.0355. The largest absolute Gasteiger partial charge is 0.256 e. The molecule has 0 heterocycles. The zero-order chi connectivity index (χ0) is 11.4. The smallest absolute Gasteiger partial charge is 0.0845 e. The molecule has 0 bridgehead atoms. The van der Waals surface area contributed by atoms with Crippen LogP contribution < -0.4 is 0 Å². The van der Waals surface area contributed by atoms with Gasteiger partial charge in [-0.2, -0.15) is 5.26 Å². The van der Waals surface area contributed by atoms with E-state index in [1.807, 2.05) is 18.2 Å². The Labute approximate surface area is 96.6 Å². The van der Waals surface area contributed by atoms with E-state index in [1.54, 1.807) is 0 Å². The number of nitriles is 1. The highest BCUT2D eigenvalue weighted by Gasteiger charge is 2.19. The monoisotopic (exact) mass is 212 g/mol. The van der Waals surface area contributed by atoms with E-state index >= 15 is 0 Å². The molecule has 2 nitrogen and oxygen atoms in total. The van der Waals surface area contributed by atoms with Crippen LogP contribution in [0.3, 0.4) is 0 Å². The summed E-state index contributed by atoms with van der Waals surface area (Å²) in [6.07, 6.45) is 4.28. The van der Waals surface area contributed by atoms with Crippen molar-refractivity contribution in [3.8, 4) is 6.07 Å². The molecule has 1 saturated carbocycles. The van der Waals surface area contributed by atoms with Crippen molar-refractivity contribution >= 4 is 11.4 Å². The van der Waals surface area contributed by atoms with E-state index in [0.717, 1.165) is 30.7 Å². The van der Waals surface area contributed by atoms with Crippen molar-refractivity contribution < 1.29 is 0 Å². The highest BCUT2D eigenvalue weighted by Crippen LogP contribution is 2.25. The van der Waals surface area contributed by atoms with Gasteiger partial charge in [-0.3, -0.25) is 4.99 Å². The molecule has 0 aliphatic heterocycles. The van der Waals surface area contributed by atoms with E-state index in [4.69, 9.17) is 5.26 Å². The van der Waals surface area contributed by atoms with Gasteiger partial charge < -0.3 is 0 Å². The second-order valence-corrected chi connectivity index (χ2v) is 4.32. The fourth-order valence-electron chi connectivity index (χ4n) is 2.11. The van der Waals surface area contributed by atoms with Gasteiger partial charge in [0.15, 0.2) is 0 Å². The number of aliphatic imine (C=N–C) groups is 1. The van der Waals surface area contributed by atoms with Gasteiger partial charge in [0.25, 0.3) is 0 Å².